The number of nitrogens with zero attached hydrogens (tertiary/aromatic N) is 2. The van der Waals surface area contributed by atoms with Gasteiger partial charge in [0.15, 0.2) is 6.10 Å². The van der Waals surface area contributed by atoms with Crippen LogP contribution in [-0.4, -0.2) is 43.3 Å². The summed E-state index contributed by atoms with van der Waals surface area (Å²) in [6.07, 6.45) is 1.07. The van der Waals surface area contributed by atoms with Crippen molar-refractivity contribution in [1.29, 1.82) is 0 Å². The van der Waals surface area contributed by atoms with Gasteiger partial charge in [0.2, 0.25) is 0 Å². The number of para-hydroxylation sites is 1. The highest BCUT2D eigenvalue weighted by molar-refractivity contribution is 5.94. The molecule has 1 aliphatic rings. The number of morpholine rings is 1. The molecule has 1 amide bonds. The number of pyridine rings is 1. The van der Waals surface area contributed by atoms with Crippen molar-refractivity contribution in [3.63, 3.8) is 0 Å². The normalized spacial score (nSPS) is 15.6. The van der Waals surface area contributed by atoms with Gasteiger partial charge < -0.3 is 19.7 Å². The first-order valence-electron chi connectivity index (χ1n) is 8.04. The van der Waals surface area contributed by atoms with Gasteiger partial charge >= 0.3 is 0 Å². The molecule has 0 radical (unpaired) electrons. The van der Waals surface area contributed by atoms with E-state index in [1.54, 1.807) is 13.1 Å². The number of carbonyl (C=O) groups is 1. The van der Waals surface area contributed by atoms with Gasteiger partial charge in [-0.2, -0.15) is 0 Å². The molecule has 1 aliphatic heterocycles. The van der Waals surface area contributed by atoms with E-state index in [2.05, 4.69) is 15.2 Å². The predicted octanol–water partition coefficient (Wildman–Crippen LogP) is 2.32. The van der Waals surface area contributed by atoms with Gasteiger partial charge in [0.1, 0.15) is 11.6 Å². The Kier molecular flexibility index (Phi) is 5.28. The van der Waals surface area contributed by atoms with E-state index in [-0.39, 0.29) is 5.91 Å². The third-order valence-corrected chi connectivity index (χ3v) is 3.78. The monoisotopic (exact) mass is 327 g/mol. The summed E-state index contributed by atoms with van der Waals surface area (Å²) in [4.78, 5) is 18.8. The molecule has 0 spiro atoms. The van der Waals surface area contributed by atoms with Crippen molar-refractivity contribution in [2.24, 2.45) is 0 Å². The fourth-order valence-corrected chi connectivity index (χ4v) is 2.44. The van der Waals surface area contributed by atoms with Crippen LogP contribution < -0.4 is 15.0 Å². The minimum Gasteiger partial charge on any atom is -0.481 e. The summed E-state index contributed by atoms with van der Waals surface area (Å²) in [6.45, 7) is 4.82. The lowest BCUT2D eigenvalue weighted by Crippen LogP contribution is -2.36. The molecule has 6 heteroatoms. The van der Waals surface area contributed by atoms with E-state index in [0.29, 0.717) is 24.7 Å². The van der Waals surface area contributed by atoms with Crippen molar-refractivity contribution >= 4 is 17.4 Å². The molecule has 1 aromatic heterocycles. The van der Waals surface area contributed by atoms with E-state index in [9.17, 15) is 4.79 Å². The van der Waals surface area contributed by atoms with Crippen molar-refractivity contribution in [1.82, 2.24) is 4.98 Å². The average Bonchev–Trinajstić information content (AvgIpc) is 2.64. The number of anilines is 2. The zero-order valence-corrected chi connectivity index (χ0v) is 13.6. The Morgan fingerprint density at radius 1 is 1.21 bits per heavy atom. The quantitative estimate of drug-likeness (QED) is 0.913. The van der Waals surface area contributed by atoms with Crippen LogP contribution in [0.25, 0.3) is 0 Å². The molecular formula is C18H21N3O3. The van der Waals surface area contributed by atoms with Gasteiger partial charge in [-0.25, -0.2) is 4.98 Å². The summed E-state index contributed by atoms with van der Waals surface area (Å²) >= 11 is 0. The second kappa shape index (κ2) is 7.79. The first-order chi connectivity index (χ1) is 11.7. The van der Waals surface area contributed by atoms with E-state index in [1.807, 2.05) is 42.5 Å². The molecule has 2 aromatic rings. The number of benzene rings is 1. The number of rotatable bonds is 5. The van der Waals surface area contributed by atoms with Gasteiger partial charge in [0, 0.05) is 13.1 Å². The molecular weight excluding hydrogens is 306 g/mol. The highest BCUT2D eigenvalue weighted by Gasteiger charge is 2.16. The number of amides is 1. The topological polar surface area (TPSA) is 63.7 Å². The van der Waals surface area contributed by atoms with Gasteiger partial charge in [-0.05, 0) is 31.2 Å². The second-order valence-corrected chi connectivity index (χ2v) is 5.57. The maximum atomic E-state index is 12.2. The Hall–Kier alpha value is -2.60. The molecule has 0 bridgehead atoms. The molecule has 0 aliphatic carbocycles. The standard InChI is InChI=1S/C18H21N3O3/c1-14(24-16-5-3-2-4-6-16)18(22)20-15-7-8-17(19-13-15)21-9-11-23-12-10-21/h2-8,13-14H,9-12H2,1H3,(H,20,22)/t14-/m0/s1. The van der Waals surface area contributed by atoms with Crippen molar-refractivity contribution in [3.8, 4) is 5.75 Å². The van der Waals surface area contributed by atoms with Crippen molar-refractivity contribution in [2.75, 3.05) is 36.5 Å². The first-order valence-corrected chi connectivity index (χ1v) is 8.04. The molecule has 2 heterocycles. The van der Waals surface area contributed by atoms with Gasteiger partial charge in [-0.1, -0.05) is 18.2 Å². The average molecular weight is 327 g/mol. The minimum absolute atomic E-state index is 0.209. The molecule has 3 rings (SSSR count). The molecule has 126 valence electrons. The minimum atomic E-state index is -0.591. The van der Waals surface area contributed by atoms with E-state index >= 15 is 0 Å². The number of carbonyl (C=O) groups excluding carboxylic acids is 1. The van der Waals surface area contributed by atoms with Crippen LogP contribution in [0.5, 0.6) is 5.75 Å². The Morgan fingerprint density at radius 3 is 2.62 bits per heavy atom. The lowest BCUT2D eigenvalue weighted by molar-refractivity contribution is -0.122. The van der Waals surface area contributed by atoms with Crippen molar-refractivity contribution < 1.29 is 14.3 Å². The number of hydrogen-bond donors (Lipinski definition) is 1. The summed E-state index contributed by atoms with van der Waals surface area (Å²) < 4.78 is 10.9. The Balaban J connectivity index is 1.55. The van der Waals surface area contributed by atoms with Crippen LogP contribution >= 0.6 is 0 Å². The highest BCUT2D eigenvalue weighted by atomic mass is 16.5. The number of aromatic nitrogens is 1. The highest BCUT2D eigenvalue weighted by Crippen LogP contribution is 2.16. The Bertz CT molecular complexity index is 655. The van der Waals surface area contributed by atoms with Crippen LogP contribution in [-0.2, 0) is 9.53 Å². The van der Waals surface area contributed by atoms with Crippen LogP contribution in [0.1, 0.15) is 6.92 Å². The fraction of sp³-hybridized carbons (Fsp3) is 0.333. The maximum Gasteiger partial charge on any atom is 0.265 e. The summed E-state index contributed by atoms with van der Waals surface area (Å²) in [5.74, 6) is 1.35. The van der Waals surface area contributed by atoms with Gasteiger partial charge in [0.05, 0.1) is 25.1 Å². The summed E-state index contributed by atoms with van der Waals surface area (Å²) in [7, 11) is 0. The van der Waals surface area contributed by atoms with E-state index in [4.69, 9.17) is 9.47 Å². The first kappa shape index (κ1) is 16.3. The van der Waals surface area contributed by atoms with Crippen LogP contribution in [0.3, 0.4) is 0 Å². The molecule has 1 saturated heterocycles. The number of hydrogen-bond acceptors (Lipinski definition) is 5. The summed E-state index contributed by atoms with van der Waals surface area (Å²) in [6, 6.07) is 13.0. The molecule has 0 saturated carbocycles. The largest absolute Gasteiger partial charge is 0.481 e. The number of nitrogens with one attached hydrogen (secondary N) is 1. The smallest absolute Gasteiger partial charge is 0.265 e. The molecule has 6 nitrogen and oxygen atoms in total. The third-order valence-electron chi connectivity index (χ3n) is 3.78. The van der Waals surface area contributed by atoms with Gasteiger partial charge in [-0.15, -0.1) is 0 Å². The van der Waals surface area contributed by atoms with Crippen LogP contribution in [0.15, 0.2) is 48.7 Å². The van der Waals surface area contributed by atoms with E-state index in [1.165, 1.54) is 0 Å². The SMILES string of the molecule is C[C@H](Oc1ccccc1)C(=O)Nc1ccc(N2CCOCC2)nc1. The zero-order chi connectivity index (χ0) is 16.8. The van der Waals surface area contributed by atoms with Crippen LogP contribution in [0, 0.1) is 0 Å². The Labute approximate surface area is 141 Å². The molecule has 1 atom stereocenters. The maximum absolute atomic E-state index is 12.2. The second-order valence-electron chi connectivity index (χ2n) is 5.57. The molecule has 1 fully saturated rings. The van der Waals surface area contributed by atoms with Crippen molar-refractivity contribution in [3.05, 3.63) is 48.7 Å². The summed E-state index contributed by atoms with van der Waals surface area (Å²) in [5, 5.41) is 2.82. The summed E-state index contributed by atoms with van der Waals surface area (Å²) in [5.41, 5.74) is 0.653. The fourth-order valence-electron chi connectivity index (χ4n) is 2.44. The van der Waals surface area contributed by atoms with E-state index < -0.39 is 6.10 Å². The molecule has 0 unspecified atom stereocenters. The van der Waals surface area contributed by atoms with E-state index in [0.717, 1.165) is 18.9 Å². The van der Waals surface area contributed by atoms with Gasteiger partial charge in [-0.3, -0.25) is 4.79 Å². The lowest BCUT2D eigenvalue weighted by atomic mass is 10.3. The predicted molar refractivity (Wildman–Crippen MR) is 92.4 cm³/mol. The van der Waals surface area contributed by atoms with Gasteiger partial charge in [0.25, 0.3) is 5.91 Å². The molecule has 1 N–H and O–H groups in total. The third kappa shape index (κ3) is 4.23. The van der Waals surface area contributed by atoms with Crippen LogP contribution in [0.2, 0.25) is 0 Å². The lowest BCUT2D eigenvalue weighted by Gasteiger charge is -2.27. The Morgan fingerprint density at radius 2 is 1.96 bits per heavy atom. The van der Waals surface area contributed by atoms with Crippen LogP contribution in [0.4, 0.5) is 11.5 Å². The van der Waals surface area contributed by atoms with Crippen molar-refractivity contribution in [2.45, 2.75) is 13.0 Å². The zero-order valence-electron chi connectivity index (χ0n) is 13.6. The molecule has 24 heavy (non-hydrogen) atoms. The molecule has 1 aromatic carbocycles. The number of ether oxygens (including phenoxy) is 2.